The number of rotatable bonds is 3. The molecule has 1 aromatic rings. The van der Waals surface area contributed by atoms with Gasteiger partial charge in [-0.1, -0.05) is 0 Å². The Hall–Kier alpha value is -2.11. The predicted octanol–water partition coefficient (Wildman–Crippen LogP) is 1.39. The SMILES string of the molecule is Cc1cnccc1CNC(=O)N1CCC(C(=O)O)C1C. The summed E-state index contributed by atoms with van der Waals surface area (Å²) < 4.78 is 0. The zero-order chi connectivity index (χ0) is 14.7. The van der Waals surface area contributed by atoms with Crippen LogP contribution in [0.5, 0.6) is 0 Å². The molecule has 0 aliphatic carbocycles. The molecular weight excluding hydrogens is 258 g/mol. The van der Waals surface area contributed by atoms with Crippen LogP contribution in [0, 0.1) is 12.8 Å². The van der Waals surface area contributed by atoms with Gasteiger partial charge < -0.3 is 15.3 Å². The van der Waals surface area contributed by atoms with Crippen LogP contribution in [0.15, 0.2) is 18.5 Å². The fourth-order valence-electron chi connectivity index (χ4n) is 2.53. The van der Waals surface area contributed by atoms with Gasteiger partial charge >= 0.3 is 12.0 Å². The molecule has 1 aromatic heterocycles. The standard InChI is InChI=1S/C14H19N3O3/c1-9-7-15-5-3-11(9)8-16-14(20)17-6-4-12(10(17)2)13(18)19/h3,5,7,10,12H,4,6,8H2,1-2H3,(H,16,20)(H,18,19). The number of aryl methyl sites for hydroxylation is 1. The Kier molecular flexibility index (Phi) is 4.22. The van der Waals surface area contributed by atoms with Crippen LogP contribution in [0.2, 0.25) is 0 Å². The predicted molar refractivity (Wildman–Crippen MR) is 73.1 cm³/mol. The molecule has 1 aliphatic heterocycles. The summed E-state index contributed by atoms with van der Waals surface area (Å²) in [6.07, 6.45) is 3.95. The number of carboxylic acid groups (broad SMARTS) is 1. The number of urea groups is 1. The van der Waals surface area contributed by atoms with Crippen LogP contribution in [0.25, 0.3) is 0 Å². The molecule has 2 heterocycles. The molecule has 6 heteroatoms. The first-order chi connectivity index (χ1) is 9.50. The van der Waals surface area contributed by atoms with Crippen molar-refractivity contribution in [2.24, 2.45) is 5.92 Å². The number of nitrogens with one attached hydrogen (secondary N) is 1. The number of aromatic nitrogens is 1. The molecular formula is C14H19N3O3. The highest BCUT2D eigenvalue weighted by molar-refractivity contribution is 5.78. The zero-order valence-electron chi connectivity index (χ0n) is 11.7. The van der Waals surface area contributed by atoms with E-state index in [1.54, 1.807) is 24.2 Å². The van der Waals surface area contributed by atoms with E-state index in [1.807, 2.05) is 13.0 Å². The zero-order valence-corrected chi connectivity index (χ0v) is 11.7. The number of hydrogen-bond acceptors (Lipinski definition) is 3. The quantitative estimate of drug-likeness (QED) is 0.874. The first kappa shape index (κ1) is 14.3. The van der Waals surface area contributed by atoms with Gasteiger partial charge in [-0.2, -0.15) is 0 Å². The molecule has 1 fully saturated rings. The first-order valence-electron chi connectivity index (χ1n) is 6.67. The molecule has 2 rings (SSSR count). The summed E-state index contributed by atoms with van der Waals surface area (Å²) in [6.45, 7) is 4.63. The number of pyridine rings is 1. The molecule has 2 atom stereocenters. The third kappa shape index (κ3) is 2.89. The van der Waals surface area contributed by atoms with E-state index < -0.39 is 11.9 Å². The molecule has 108 valence electrons. The Balaban J connectivity index is 1.93. The molecule has 2 unspecified atom stereocenters. The summed E-state index contributed by atoms with van der Waals surface area (Å²) in [5.41, 5.74) is 2.03. The van der Waals surface area contributed by atoms with Gasteiger partial charge in [-0.05, 0) is 37.5 Å². The van der Waals surface area contributed by atoms with Crippen molar-refractivity contribution in [2.45, 2.75) is 32.9 Å². The van der Waals surface area contributed by atoms with Crippen molar-refractivity contribution < 1.29 is 14.7 Å². The van der Waals surface area contributed by atoms with Crippen LogP contribution in [0.4, 0.5) is 4.79 Å². The van der Waals surface area contributed by atoms with Gasteiger partial charge in [-0.3, -0.25) is 9.78 Å². The fraction of sp³-hybridized carbons (Fsp3) is 0.500. The maximum absolute atomic E-state index is 12.1. The van der Waals surface area contributed by atoms with Crippen LogP contribution in [0.1, 0.15) is 24.5 Å². The van der Waals surface area contributed by atoms with Gasteiger partial charge in [0.05, 0.1) is 5.92 Å². The molecule has 0 aromatic carbocycles. The molecule has 0 saturated carbocycles. The van der Waals surface area contributed by atoms with Gasteiger partial charge in [0.1, 0.15) is 0 Å². The highest BCUT2D eigenvalue weighted by atomic mass is 16.4. The Labute approximate surface area is 117 Å². The number of aliphatic carboxylic acids is 1. The Morgan fingerprint density at radius 3 is 2.90 bits per heavy atom. The minimum Gasteiger partial charge on any atom is -0.481 e. The van der Waals surface area contributed by atoms with E-state index in [0.29, 0.717) is 19.5 Å². The molecule has 6 nitrogen and oxygen atoms in total. The molecule has 0 spiro atoms. The van der Waals surface area contributed by atoms with Gasteiger partial charge in [0, 0.05) is 31.5 Å². The monoisotopic (exact) mass is 277 g/mol. The van der Waals surface area contributed by atoms with E-state index in [4.69, 9.17) is 5.11 Å². The van der Waals surface area contributed by atoms with Crippen molar-refractivity contribution >= 4 is 12.0 Å². The average molecular weight is 277 g/mol. The molecule has 0 radical (unpaired) electrons. The van der Waals surface area contributed by atoms with Gasteiger partial charge in [-0.25, -0.2) is 4.79 Å². The third-order valence-corrected chi connectivity index (χ3v) is 3.90. The van der Waals surface area contributed by atoms with Crippen molar-refractivity contribution in [1.82, 2.24) is 15.2 Å². The maximum atomic E-state index is 12.1. The second-order valence-electron chi connectivity index (χ2n) is 5.13. The lowest BCUT2D eigenvalue weighted by molar-refractivity contribution is -0.142. The van der Waals surface area contributed by atoms with Crippen molar-refractivity contribution in [2.75, 3.05) is 6.54 Å². The molecule has 1 aliphatic rings. The summed E-state index contributed by atoms with van der Waals surface area (Å²) in [5.74, 6) is -1.30. The lowest BCUT2D eigenvalue weighted by atomic mass is 10.0. The third-order valence-electron chi connectivity index (χ3n) is 3.90. The summed E-state index contributed by atoms with van der Waals surface area (Å²) in [6, 6.07) is 1.38. The number of nitrogens with zero attached hydrogens (tertiary/aromatic N) is 2. The second-order valence-corrected chi connectivity index (χ2v) is 5.13. The smallest absolute Gasteiger partial charge is 0.317 e. The minimum atomic E-state index is -0.835. The maximum Gasteiger partial charge on any atom is 0.317 e. The fourth-order valence-corrected chi connectivity index (χ4v) is 2.53. The number of hydrogen-bond donors (Lipinski definition) is 2. The minimum absolute atomic E-state index is 0.211. The average Bonchev–Trinajstić information content (AvgIpc) is 2.79. The molecule has 2 N–H and O–H groups in total. The lowest BCUT2D eigenvalue weighted by Gasteiger charge is -2.23. The van der Waals surface area contributed by atoms with Gasteiger partial charge in [-0.15, -0.1) is 0 Å². The molecule has 1 saturated heterocycles. The first-order valence-corrected chi connectivity index (χ1v) is 6.67. The summed E-state index contributed by atoms with van der Waals surface area (Å²) >= 11 is 0. The molecule has 2 amide bonds. The number of carboxylic acids is 1. The second kappa shape index (κ2) is 5.90. The normalized spacial score (nSPS) is 21.8. The van der Waals surface area contributed by atoms with Crippen LogP contribution in [0.3, 0.4) is 0 Å². The number of carbonyl (C=O) groups excluding carboxylic acids is 1. The molecule has 20 heavy (non-hydrogen) atoms. The number of carbonyl (C=O) groups is 2. The van der Waals surface area contributed by atoms with Crippen LogP contribution >= 0.6 is 0 Å². The largest absolute Gasteiger partial charge is 0.481 e. The van der Waals surface area contributed by atoms with E-state index in [2.05, 4.69) is 10.3 Å². The Morgan fingerprint density at radius 1 is 1.55 bits per heavy atom. The lowest BCUT2D eigenvalue weighted by Crippen LogP contribution is -2.43. The van der Waals surface area contributed by atoms with Gasteiger partial charge in [0.2, 0.25) is 0 Å². The topological polar surface area (TPSA) is 82.5 Å². The van der Waals surface area contributed by atoms with E-state index in [0.717, 1.165) is 11.1 Å². The van der Waals surface area contributed by atoms with Crippen molar-refractivity contribution in [1.29, 1.82) is 0 Å². The van der Waals surface area contributed by atoms with Crippen molar-refractivity contribution in [3.63, 3.8) is 0 Å². The highest BCUT2D eigenvalue weighted by Gasteiger charge is 2.37. The van der Waals surface area contributed by atoms with Crippen molar-refractivity contribution in [3.05, 3.63) is 29.6 Å². The van der Waals surface area contributed by atoms with Gasteiger partial charge in [0.15, 0.2) is 0 Å². The Bertz CT molecular complexity index is 518. The van der Waals surface area contributed by atoms with Gasteiger partial charge in [0.25, 0.3) is 0 Å². The van der Waals surface area contributed by atoms with E-state index in [1.165, 1.54) is 0 Å². The number of likely N-dealkylation sites (tertiary alicyclic amines) is 1. The van der Waals surface area contributed by atoms with Crippen LogP contribution in [-0.4, -0.2) is 39.6 Å². The van der Waals surface area contributed by atoms with Crippen LogP contribution in [-0.2, 0) is 11.3 Å². The Morgan fingerprint density at radius 2 is 2.30 bits per heavy atom. The molecule has 0 bridgehead atoms. The summed E-state index contributed by atoms with van der Waals surface area (Å²) in [4.78, 5) is 28.7. The van der Waals surface area contributed by atoms with E-state index in [9.17, 15) is 9.59 Å². The van der Waals surface area contributed by atoms with E-state index >= 15 is 0 Å². The number of amides is 2. The summed E-state index contributed by atoms with van der Waals surface area (Å²) in [7, 11) is 0. The summed E-state index contributed by atoms with van der Waals surface area (Å²) in [5, 5.41) is 11.9. The van der Waals surface area contributed by atoms with E-state index in [-0.39, 0.29) is 12.1 Å². The van der Waals surface area contributed by atoms with Crippen LogP contribution < -0.4 is 5.32 Å². The van der Waals surface area contributed by atoms with Crippen molar-refractivity contribution in [3.8, 4) is 0 Å². The highest BCUT2D eigenvalue weighted by Crippen LogP contribution is 2.24.